The van der Waals surface area contributed by atoms with Crippen molar-refractivity contribution in [3.8, 4) is 0 Å². The summed E-state index contributed by atoms with van der Waals surface area (Å²) in [7, 11) is -3.16. The van der Waals surface area contributed by atoms with Gasteiger partial charge in [-0.25, -0.2) is 8.78 Å². The number of hydrogen-bond donors (Lipinski definition) is 0. The molecule has 1 aliphatic heterocycles. The Bertz CT molecular complexity index is 805. The number of alkyl halides is 2. The summed E-state index contributed by atoms with van der Waals surface area (Å²) in [6.45, 7) is 17.9. The fourth-order valence-electron chi connectivity index (χ4n) is 3.48. The van der Waals surface area contributed by atoms with Crippen molar-refractivity contribution in [1.29, 1.82) is 0 Å². The lowest BCUT2D eigenvalue weighted by Gasteiger charge is -2.40. The SMILES string of the molecule is CC1(C)OB(c2ccc(Cl)c3c2CC(F)(F)C3O[Si](C)(C)C(C)(C)C)OC1(C)C. The average molecular weight is 445 g/mol. The lowest BCUT2D eigenvalue weighted by Crippen LogP contribution is -2.44. The molecule has 29 heavy (non-hydrogen) atoms. The van der Waals surface area contributed by atoms with E-state index in [0.29, 0.717) is 21.6 Å². The van der Waals surface area contributed by atoms with Gasteiger partial charge in [-0.1, -0.05) is 38.4 Å². The number of halogens is 3. The van der Waals surface area contributed by atoms with Gasteiger partial charge in [0.15, 0.2) is 8.32 Å². The Morgan fingerprint density at radius 3 is 2.10 bits per heavy atom. The van der Waals surface area contributed by atoms with Crippen LogP contribution in [-0.4, -0.2) is 32.6 Å². The number of fused-ring (bicyclic) bond motifs is 1. The van der Waals surface area contributed by atoms with Gasteiger partial charge in [0.25, 0.3) is 5.92 Å². The van der Waals surface area contributed by atoms with E-state index in [1.165, 1.54) is 0 Å². The molecule has 162 valence electrons. The molecule has 1 atom stereocenters. The molecule has 3 rings (SSSR count). The van der Waals surface area contributed by atoms with Crippen LogP contribution in [0.2, 0.25) is 23.2 Å². The van der Waals surface area contributed by atoms with Crippen LogP contribution in [0, 0.1) is 0 Å². The van der Waals surface area contributed by atoms with Crippen LogP contribution in [0.3, 0.4) is 0 Å². The fourth-order valence-corrected chi connectivity index (χ4v) is 4.99. The monoisotopic (exact) mass is 444 g/mol. The van der Waals surface area contributed by atoms with Gasteiger partial charge >= 0.3 is 7.12 Å². The highest BCUT2D eigenvalue weighted by Crippen LogP contribution is 2.52. The Labute approximate surface area is 179 Å². The summed E-state index contributed by atoms with van der Waals surface area (Å²) in [6.07, 6.45) is -1.78. The first-order chi connectivity index (χ1) is 12.9. The molecule has 1 aromatic rings. The molecule has 1 aliphatic carbocycles. The standard InChI is InChI=1S/C21H32BClF2O3Si/c1-18(2,3)29(8,9)26-17-16-13(12-21(17,24)25)14(10-11-15(16)23)22-27-19(4,5)20(6,7)28-22/h10-11,17H,12H2,1-9H3. The molecule has 1 fully saturated rings. The Hall–Kier alpha value is -0.468. The van der Waals surface area contributed by atoms with E-state index in [-0.39, 0.29) is 5.04 Å². The van der Waals surface area contributed by atoms with Gasteiger partial charge in [-0.05, 0) is 62.9 Å². The van der Waals surface area contributed by atoms with E-state index in [2.05, 4.69) is 0 Å². The van der Waals surface area contributed by atoms with Crippen molar-refractivity contribution in [2.75, 3.05) is 0 Å². The van der Waals surface area contributed by atoms with Crippen LogP contribution in [0.5, 0.6) is 0 Å². The van der Waals surface area contributed by atoms with Gasteiger partial charge in [-0.15, -0.1) is 0 Å². The smallest absolute Gasteiger partial charge is 0.404 e. The predicted octanol–water partition coefficient (Wildman–Crippen LogP) is 5.89. The van der Waals surface area contributed by atoms with Crippen molar-refractivity contribution in [2.45, 2.75) is 96.2 Å². The predicted molar refractivity (Wildman–Crippen MR) is 117 cm³/mol. The third-order valence-electron chi connectivity index (χ3n) is 7.12. The molecule has 3 nitrogen and oxygen atoms in total. The summed E-state index contributed by atoms with van der Waals surface area (Å²) in [5.41, 5.74) is 0.382. The zero-order valence-electron chi connectivity index (χ0n) is 18.9. The van der Waals surface area contributed by atoms with Gasteiger partial charge in [0, 0.05) is 17.0 Å². The van der Waals surface area contributed by atoms with Crippen molar-refractivity contribution in [2.24, 2.45) is 0 Å². The molecular weight excluding hydrogens is 413 g/mol. The van der Waals surface area contributed by atoms with E-state index in [4.69, 9.17) is 25.3 Å². The zero-order chi connectivity index (χ0) is 22.2. The van der Waals surface area contributed by atoms with Gasteiger partial charge in [0.2, 0.25) is 0 Å². The quantitative estimate of drug-likeness (QED) is 0.544. The molecule has 1 aromatic carbocycles. The average Bonchev–Trinajstić information content (AvgIpc) is 2.88. The molecule has 8 heteroatoms. The van der Waals surface area contributed by atoms with Crippen molar-refractivity contribution < 1.29 is 22.5 Å². The Morgan fingerprint density at radius 1 is 1.10 bits per heavy atom. The largest absolute Gasteiger partial charge is 0.495 e. The highest BCUT2D eigenvalue weighted by atomic mass is 35.5. The molecule has 0 spiro atoms. The zero-order valence-corrected chi connectivity index (χ0v) is 20.6. The molecular formula is C21H32BClF2O3Si. The van der Waals surface area contributed by atoms with Gasteiger partial charge in [0.05, 0.1) is 11.2 Å². The number of benzene rings is 1. The summed E-state index contributed by atoms with van der Waals surface area (Å²) in [5.74, 6) is -3.04. The Kier molecular flexibility index (Phi) is 5.41. The van der Waals surface area contributed by atoms with Crippen LogP contribution in [0.1, 0.15) is 65.7 Å². The van der Waals surface area contributed by atoms with E-state index in [1.54, 1.807) is 12.1 Å². The topological polar surface area (TPSA) is 27.7 Å². The molecule has 0 amide bonds. The summed E-state index contributed by atoms with van der Waals surface area (Å²) in [4.78, 5) is 0. The van der Waals surface area contributed by atoms with Crippen molar-refractivity contribution in [3.05, 3.63) is 28.3 Å². The third-order valence-corrected chi connectivity index (χ3v) is 11.9. The van der Waals surface area contributed by atoms with Gasteiger partial charge < -0.3 is 13.7 Å². The first kappa shape index (κ1) is 23.2. The van der Waals surface area contributed by atoms with Crippen LogP contribution in [0.4, 0.5) is 8.78 Å². The highest BCUT2D eigenvalue weighted by molar-refractivity contribution is 6.74. The lowest BCUT2D eigenvalue weighted by atomic mass is 9.75. The highest BCUT2D eigenvalue weighted by Gasteiger charge is 2.57. The van der Waals surface area contributed by atoms with Gasteiger partial charge in [-0.3, -0.25) is 0 Å². The summed E-state index contributed by atoms with van der Waals surface area (Å²) in [5, 5.41) is 0.114. The van der Waals surface area contributed by atoms with E-state index >= 15 is 8.78 Å². The maximum atomic E-state index is 15.2. The van der Waals surface area contributed by atoms with E-state index in [9.17, 15) is 0 Å². The first-order valence-corrected chi connectivity index (χ1v) is 13.4. The molecule has 0 radical (unpaired) electrons. The van der Waals surface area contributed by atoms with Crippen LogP contribution in [0.25, 0.3) is 0 Å². The summed E-state index contributed by atoms with van der Waals surface area (Å²) in [6, 6.07) is 3.40. The minimum atomic E-state index is -3.04. The number of rotatable bonds is 3. The lowest BCUT2D eigenvalue weighted by molar-refractivity contribution is -0.0900. The molecule has 0 saturated carbocycles. The normalized spacial score (nSPS) is 25.4. The Balaban J connectivity index is 2.06. The van der Waals surface area contributed by atoms with Crippen molar-refractivity contribution >= 4 is 32.5 Å². The summed E-state index contributed by atoms with van der Waals surface area (Å²) < 4.78 is 48.9. The van der Waals surface area contributed by atoms with E-state index < -0.39 is 45.1 Å². The van der Waals surface area contributed by atoms with E-state index in [0.717, 1.165) is 0 Å². The van der Waals surface area contributed by atoms with Crippen molar-refractivity contribution in [3.63, 3.8) is 0 Å². The van der Waals surface area contributed by atoms with Gasteiger partial charge in [0.1, 0.15) is 6.10 Å². The second kappa shape index (κ2) is 6.76. The van der Waals surface area contributed by atoms with Crippen molar-refractivity contribution in [1.82, 2.24) is 0 Å². The molecule has 0 N–H and O–H groups in total. The number of hydrogen-bond acceptors (Lipinski definition) is 3. The molecule has 1 saturated heterocycles. The van der Waals surface area contributed by atoms with Crippen LogP contribution in [0.15, 0.2) is 12.1 Å². The second-order valence-corrected chi connectivity index (χ2v) is 16.0. The minimum absolute atomic E-state index is 0.193. The molecule has 2 aliphatic rings. The van der Waals surface area contributed by atoms with E-state index in [1.807, 2.05) is 61.6 Å². The molecule has 0 bridgehead atoms. The maximum Gasteiger partial charge on any atom is 0.495 e. The molecule has 1 unspecified atom stereocenters. The second-order valence-electron chi connectivity index (χ2n) is 10.8. The van der Waals surface area contributed by atoms with Crippen LogP contribution >= 0.6 is 11.6 Å². The summed E-state index contributed by atoms with van der Waals surface area (Å²) >= 11 is 6.45. The van der Waals surface area contributed by atoms with Gasteiger partial charge in [-0.2, -0.15) is 0 Å². The molecule has 0 aromatic heterocycles. The minimum Gasteiger partial charge on any atom is -0.404 e. The maximum absolute atomic E-state index is 15.2. The Morgan fingerprint density at radius 2 is 1.62 bits per heavy atom. The molecule has 1 heterocycles. The van der Waals surface area contributed by atoms with Crippen LogP contribution in [-0.2, 0) is 20.2 Å². The fraction of sp³-hybridized carbons (Fsp3) is 0.714. The first-order valence-electron chi connectivity index (χ1n) is 10.1. The third kappa shape index (κ3) is 3.82. The van der Waals surface area contributed by atoms with Crippen LogP contribution < -0.4 is 5.46 Å².